The van der Waals surface area contributed by atoms with Gasteiger partial charge in [0.25, 0.3) is 5.91 Å². The fraction of sp³-hybridized carbons (Fsp3) is 0.389. The summed E-state index contributed by atoms with van der Waals surface area (Å²) in [6.07, 6.45) is 4.79. The Morgan fingerprint density at radius 1 is 1.29 bits per heavy atom. The number of anilines is 1. The van der Waals surface area contributed by atoms with Crippen molar-refractivity contribution in [2.45, 2.75) is 38.6 Å². The van der Waals surface area contributed by atoms with Crippen LogP contribution in [0.25, 0.3) is 0 Å². The van der Waals surface area contributed by atoms with Crippen LogP contribution < -0.4 is 10.6 Å². The molecule has 6 heteroatoms. The molecule has 1 unspecified atom stereocenters. The van der Waals surface area contributed by atoms with Crippen molar-refractivity contribution in [2.75, 3.05) is 5.32 Å². The van der Waals surface area contributed by atoms with E-state index in [0.29, 0.717) is 0 Å². The first-order chi connectivity index (χ1) is 11.6. The Bertz CT molecular complexity index is 707. The molecule has 0 radical (unpaired) electrons. The highest BCUT2D eigenvalue weighted by Gasteiger charge is 2.30. The number of nitrogens with zero attached hydrogens (tertiary/aromatic N) is 1. The normalized spacial score (nSPS) is 14.9. The third kappa shape index (κ3) is 4.44. The average molecular weight is 327 g/mol. The van der Waals surface area contributed by atoms with Crippen molar-refractivity contribution >= 4 is 17.8 Å². The number of nitrogens with one attached hydrogen (secondary N) is 2. The SMILES string of the molecule is CC(CCc1ccccc1)NC(=O)c1coc(NC(=O)C2CC2)n1. The summed E-state index contributed by atoms with van der Waals surface area (Å²) < 4.78 is 5.14. The van der Waals surface area contributed by atoms with Gasteiger partial charge in [0.1, 0.15) is 6.26 Å². The van der Waals surface area contributed by atoms with Gasteiger partial charge in [-0.15, -0.1) is 0 Å². The van der Waals surface area contributed by atoms with Gasteiger partial charge in [-0.05, 0) is 38.2 Å². The lowest BCUT2D eigenvalue weighted by Crippen LogP contribution is -2.33. The van der Waals surface area contributed by atoms with Crippen LogP contribution in [0.2, 0.25) is 0 Å². The molecule has 2 amide bonds. The summed E-state index contributed by atoms with van der Waals surface area (Å²) in [6.45, 7) is 1.96. The van der Waals surface area contributed by atoms with E-state index in [1.54, 1.807) is 0 Å². The standard InChI is InChI=1S/C18H21N3O3/c1-12(7-8-13-5-3-2-4-6-13)19-17(23)15-11-24-18(20-15)21-16(22)14-9-10-14/h2-6,11-12,14H,7-10H2,1H3,(H,19,23)(H,20,21,22). The first-order valence-electron chi connectivity index (χ1n) is 8.23. The molecule has 0 aliphatic heterocycles. The first kappa shape index (κ1) is 16.2. The fourth-order valence-corrected chi connectivity index (χ4v) is 2.39. The molecular formula is C18H21N3O3. The highest BCUT2D eigenvalue weighted by molar-refractivity contribution is 5.94. The Morgan fingerprint density at radius 2 is 2.04 bits per heavy atom. The van der Waals surface area contributed by atoms with Crippen LogP contribution in [-0.2, 0) is 11.2 Å². The summed E-state index contributed by atoms with van der Waals surface area (Å²) >= 11 is 0. The van der Waals surface area contributed by atoms with E-state index >= 15 is 0 Å². The molecule has 1 aromatic carbocycles. The predicted octanol–water partition coefficient (Wildman–Crippen LogP) is 2.77. The number of oxazole rings is 1. The minimum atomic E-state index is -0.300. The Morgan fingerprint density at radius 3 is 2.75 bits per heavy atom. The number of rotatable bonds is 7. The van der Waals surface area contributed by atoms with Gasteiger partial charge in [0.15, 0.2) is 5.69 Å². The van der Waals surface area contributed by atoms with Crippen molar-refractivity contribution in [1.82, 2.24) is 10.3 Å². The second kappa shape index (κ2) is 7.29. The number of carbonyl (C=O) groups is 2. The summed E-state index contributed by atoms with van der Waals surface area (Å²) in [5, 5.41) is 5.48. The van der Waals surface area contributed by atoms with E-state index in [4.69, 9.17) is 4.42 Å². The van der Waals surface area contributed by atoms with Crippen molar-refractivity contribution in [3.63, 3.8) is 0 Å². The lowest BCUT2D eigenvalue weighted by molar-refractivity contribution is -0.117. The molecule has 24 heavy (non-hydrogen) atoms. The van der Waals surface area contributed by atoms with Gasteiger partial charge in [-0.3, -0.25) is 14.9 Å². The number of aromatic nitrogens is 1. The maximum absolute atomic E-state index is 12.2. The zero-order valence-electron chi connectivity index (χ0n) is 13.6. The molecule has 1 aliphatic carbocycles. The summed E-state index contributed by atoms with van der Waals surface area (Å²) in [4.78, 5) is 27.8. The average Bonchev–Trinajstić information content (AvgIpc) is 3.34. The number of hydrogen-bond acceptors (Lipinski definition) is 4. The molecule has 2 N–H and O–H groups in total. The van der Waals surface area contributed by atoms with Gasteiger partial charge in [0.2, 0.25) is 5.91 Å². The number of hydrogen-bond donors (Lipinski definition) is 2. The quantitative estimate of drug-likeness (QED) is 0.819. The molecule has 0 bridgehead atoms. The van der Waals surface area contributed by atoms with Gasteiger partial charge >= 0.3 is 6.01 Å². The number of amides is 2. The highest BCUT2D eigenvalue weighted by atomic mass is 16.4. The van der Waals surface area contributed by atoms with Gasteiger partial charge in [0.05, 0.1) is 0 Å². The molecular weight excluding hydrogens is 306 g/mol. The van der Waals surface area contributed by atoms with Gasteiger partial charge in [0, 0.05) is 12.0 Å². The van der Waals surface area contributed by atoms with E-state index in [1.165, 1.54) is 11.8 Å². The van der Waals surface area contributed by atoms with E-state index in [2.05, 4.69) is 27.8 Å². The van der Waals surface area contributed by atoms with Crippen molar-refractivity contribution < 1.29 is 14.0 Å². The first-order valence-corrected chi connectivity index (χ1v) is 8.23. The summed E-state index contributed by atoms with van der Waals surface area (Å²) in [6, 6.07) is 10.2. The van der Waals surface area contributed by atoms with Crippen molar-refractivity contribution in [2.24, 2.45) is 5.92 Å². The van der Waals surface area contributed by atoms with Crippen LogP contribution in [0.15, 0.2) is 41.0 Å². The fourth-order valence-electron chi connectivity index (χ4n) is 2.39. The summed E-state index contributed by atoms with van der Waals surface area (Å²) in [5.41, 5.74) is 1.41. The third-order valence-corrected chi connectivity index (χ3v) is 4.00. The van der Waals surface area contributed by atoms with Gasteiger partial charge < -0.3 is 9.73 Å². The Hall–Kier alpha value is -2.63. The van der Waals surface area contributed by atoms with Crippen LogP contribution in [0.4, 0.5) is 6.01 Å². The molecule has 1 aromatic heterocycles. The van der Waals surface area contributed by atoms with Gasteiger partial charge in [-0.1, -0.05) is 30.3 Å². The molecule has 3 rings (SSSR count). The largest absolute Gasteiger partial charge is 0.431 e. The topological polar surface area (TPSA) is 84.2 Å². The molecule has 0 spiro atoms. The summed E-state index contributed by atoms with van der Waals surface area (Å²) in [7, 11) is 0. The van der Waals surface area contributed by atoms with Crippen LogP contribution in [0.3, 0.4) is 0 Å². The Balaban J connectivity index is 1.47. The molecule has 1 saturated carbocycles. The zero-order valence-corrected chi connectivity index (χ0v) is 13.6. The van der Waals surface area contributed by atoms with Crippen LogP contribution >= 0.6 is 0 Å². The van der Waals surface area contributed by atoms with E-state index in [9.17, 15) is 9.59 Å². The smallest absolute Gasteiger partial charge is 0.302 e. The second-order valence-electron chi connectivity index (χ2n) is 6.20. The summed E-state index contributed by atoms with van der Waals surface area (Å²) in [5.74, 6) is -0.335. The maximum atomic E-state index is 12.2. The van der Waals surface area contributed by atoms with Crippen LogP contribution in [0.5, 0.6) is 0 Å². The lowest BCUT2D eigenvalue weighted by atomic mass is 10.1. The lowest BCUT2D eigenvalue weighted by Gasteiger charge is -2.12. The van der Waals surface area contributed by atoms with E-state index in [1.807, 2.05) is 25.1 Å². The van der Waals surface area contributed by atoms with E-state index in [0.717, 1.165) is 25.7 Å². The minimum absolute atomic E-state index is 0.0129. The molecule has 2 aromatic rings. The van der Waals surface area contributed by atoms with Crippen molar-refractivity contribution in [3.05, 3.63) is 47.9 Å². The Labute approximate surface area is 140 Å². The van der Waals surface area contributed by atoms with Crippen molar-refractivity contribution in [3.8, 4) is 0 Å². The number of benzene rings is 1. The molecule has 1 fully saturated rings. The monoisotopic (exact) mass is 327 g/mol. The maximum Gasteiger partial charge on any atom is 0.302 e. The Kier molecular flexibility index (Phi) is 4.93. The zero-order chi connectivity index (χ0) is 16.9. The molecule has 1 atom stereocenters. The number of carbonyl (C=O) groups excluding carboxylic acids is 2. The highest BCUT2D eigenvalue weighted by Crippen LogP contribution is 2.30. The minimum Gasteiger partial charge on any atom is -0.431 e. The van der Waals surface area contributed by atoms with Gasteiger partial charge in [-0.25, -0.2) is 0 Å². The predicted molar refractivity (Wildman–Crippen MR) is 89.5 cm³/mol. The van der Waals surface area contributed by atoms with Crippen molar-refractivity contribution in [1.29, 1.82) is 0 Å². The molecule has 1 heterocycles. The molecule has 126 valence electrons. The van der Waals surface area contributed by atoms with E-state index in [-0.39, 0.29) is 35.5 Å². The third-order valence-electron chi connectivity index (χ3n) is 4.00. The second-order valence-corrected chi connectivity index (χ2v) is 6.20. The molecule has 0 saturated heterocycles. The van der Waals surface area contributed by atoms with Crippen LogP contribution in [-0.4, -0.2) is 22.8 Å². The number of aryl methyl sites for hydroxylation is 1. The molecule has 1 aliphatic rings. The van der Waals surface area contributed by atoms with Crippen LogP contribution in [0, 0.1) is 5.92 Å². The molecule has 6 nitrogen and oxygen atoms in total. The van der Waals surface area contributed by atoms with E-state index < -0.39 is 0 Å². The van der Waals surface area contributed by atoms with Crippen LogP contribution in [0.1, 0.15) is 42.2 Å². The van der Waals surface area contributed by atoms with Gasteiger partial charge in [-0.2, -0.15) is 4.98 Å².